The number of benzene rings is 3. The highest BCUT2D eigenvalue weighted by atomic mass is 16.5. The standard InChI is InChI=1S/C39H47N5O3/c1-29-26-43(37(46)41-36(29)45)35-28-42(27-34(47-35)38(2)22-12-13-25-44(38)33-20-23-40-24-21-33)39(30-14-6-3-7-15-30,31-16-8-4-9-17-31)32-18-10-5-11-19-32/h3-11,14-19,26,33-35,40H,12-13,20-25,27-28H2,1-2H3,(H,41,45,46). The van der Waals surface area contributed by atoms with Crippen LogP contribution in [0.4, 0.5) is 0 Å². The number of likely N-dealkylation sites (tertiary alicyclic amines) is 1. The van der Waals surface area contributed by atoms with E-state index in [1.54, 1.807) is 17.7 Å². The van der Waals surface area contributed by atoms with E-state index in [0.717, 1.165) is 62.0 Å². The predicted octanol–water partition coefficient (Wildman–Crippen LogP) is 5.03. The SMILES string of the molecule is Cc1cn(C2CN(C(c3ccccc3)(c3ccccc3)c3ccccc3)CC(C3(C)CCCCN3C3CCNCC3)O2)c(=O)[nH]c1=O. The highest BCUT2D eigenvalue weighted by Crippen LogP contribution is 2.47. The smallest absolute Gasteiger partial charge is 0.330 e. The van der Waals surface area contributed by atoms with E-state index in [-0.39, 0.29) is 17.2 Å². The Bertz CT molecular complexity index is 1660. The second-order valence-electron chi connectivity index (χ2n) is 13.8. The lowest BCUT2D eigenvalue weighted by atomic mass is 9.74. The van der Waals surface area contributed by atoms with E-state index in [4.69, 9.17) is 4.74 Å². The summed E-state index contributed by atoms with van der Waals surface area (Å²) in [5, 5.41) is 3.55. The Morgan fingerprint density at radius 1 is 0.809 bits per heavy atom. The van der Waals surface area contributed by atoms with Gasteiger partial charge in [0.1, 0.15) is 0 Å². The van der Waals surface area contributed by atoms with Gasteiger partial charge in [0, 0.05) is 36.4 Å². The summed E-state index contributed by atoms with van der Waals surface area (Å²) in [5.74, 6) is 0. The number of ether oxygens (including phenoxy) is 1. The minimum atomic E-state index is -0.671. The molecule has 3 aliphatic rings. The molecule has 3 atom stereocenters. The lowest BCUT2D eigenvalue weighted by Gasteiger charge is -2.58. The van der Waals surface area contributed by atoms with Gasteiger partial charge in [-0.2, -0.15) is 0 Å². The van der Waals surface area contributed by atoms with Crippen molar-refractivity contribution in [3.63, 3.8) is 0 Å². The second kappa shape index (κ2) is 13.4. The Morgan fingerprint density at radius 3 is 1.96 bits per heavy atom. The molecule has 0 spiro atoms. The van der Waals surface area contributed by atoms with Gasteiger partial charge in [-0.25, -0.2) is 4.79 Å². The quantitative estimate of drug-likeness (QED) is 0.278. The monoisotopic (exact) mass is 633 g/mol. The number of nitrogens with zero attached hydrogens (tertiary/aromatic N) is 3. The normalized spacial score (nSPS) is 25.1. The van der Waals surface area contributed by atoms with E-state index in [0.29, 0.717) is 24.7 Å². The van der Waals surface area contributed by atoms with Crippen LogP contribution in [-0.2, 0) is 10.3 Å². The summed E-state index contributed by atoms with van der Waals surface area (Å²) >= 11 is 0. The third kappa shape index (κ3) is 5.82. The van der Waals surface area contributed by atoms with Crippen molar-refractivity contribution in [1.82, 2.24) is 24.7 Å². The molecule has 8 nitrogen and oxygen atoms in total. The Labute approximate surface area is 277 Å². The van der Waals surface area contributed by atoms with Gasteiger partial charge in [0.25, 0.3) is 5.56 Å². The molecule has 8 heteroatoms. The van der Waals surface area contributed by atoms with Gasteiger partial charge in [0.15, 0.2) is 6.23 Å². The average Bonchev–Trinajstić information content (AvgIpc) is 3.12. The number of hydrogen-bond acceptors (Lipinski definition) is 6. The molecule has 3 fully saturated rings. The van der Waals surface area contributed by atoms with Crippen molar-refractivity contribution in [2.24, 2.45) is 0 Å². The van der Waals surface area contributed by atoms with Crippen molar-refractivity contribution in [3.8, 4) is 0 Å². The number of aryl methyl sites for hydroxylation is 1. The zero-order valence-electron chi connectivity index (χ0n) is 27.6. The maximum atomic E-state index is 13.5. The first kappa shape index (κ1) is 31.8. The lowest BCUT2D eigenvalue weighted by Crippen LogP contribution is -2.68. The Balaban J connectivity index is 1.43. The van der Waals surface area contributed by atoms with E-state index in [2.05, 4.69) is 118 Å². The molecule has 4 heterocycles. The topological polar surface area (TPSA) is 82.6 Å². The van der Waals surface area contributed by atoms with Crippen LogP contribution in [0.25, 0.3) is 0 Å². The van der Waals surface area contributed by atoms with E-state index in [9.17, 15) is 9.59 Å². The van der Waals surface area contributed by atoms with Crippen LogP contribution >= 0.6 is 0 Å². The second-order valence-corrected chi connectivity index (χ2v) is 13.8. The summed E-state index contributed by atoms with van der Waals surface area (Å²) in [6.45, 7) is 8.37. The molecule has 0 amide bonds. The van der Waals surface area contributed by atoms with Gasteiger partial charge < -0.3 is 10.1 Å². The molecule has 1 aromatic heterocycles. The number of aromatic amines is 1. The molecule has 0 saturated carbocycles. The molecule has 7 rings (SSSR count). The molecule has 3 aliphatic heterocycles. The lowest BCUT2D eigenvalue weighted by molar-refractivity contribution is -0.197. The number of hydrogen-bond donors (Lipinski definition) is 2. The molecule has 0 aliphatic carbocycles. The number of nitrogens with one attached hydrogen (secondary N) is 2. The van der Waals surface area contributed by atoms with Gasteiger partial charge in [-0.3, -0.25) is 24.1 Å². The van der Waals surface area contributed by atoms with Crippen molar-refractivity contribution in [1.29, 1.82) is 0 Å². The van der Waals surface area contributed by atoms with Crippen molar-refractivity contribution in [2.75, 3.05) is 32.7 Å². The van der Waals surface area contributed by atoms with Gasteiger partial charge in [0.05, 0.1) is 11.6 Å². The molecule has 0 bridgehead atoms. The van der Waals surface area contributed by atoms with Gasteiger partial charge in [0.2, 0.25) is 0 Å². The number of piperidine rings is 2. The zero-order valence-corrected chi connectivity index (χ0v) is 27.6. The highest BCUT2D eigenvalue weighted by Gasteiger charge is 2.53. The minimum absolute atomic E-state index is 0.203. The van der Waals surface area contributed by atoms with Gasteiger partial charge >= 0.3 is 5.69 Å². The maximum Gasteiger partial charge on any atom is 0.330 e. The van der Waals surface area contributed by atoms with Crippen molar-refractivity contribution in [3.05, 3.63) is 140 Å². The van der Waals surface area contributed by atoms with E-state index in [1.807, 2.05) is 0 Å². The van der Waals surface area contributed by atoms with Crippen LogP contribution in [0.2, 0.25) is 0 Å². The summed E-state index contributed by atoms with van der Waals surface area (Å²) in [5.41, 5.74) is 2.24. The summed E-state index contributed by atoms with van der Waals surface area (Å²) in [6, 6.07) is 32.7. The van der Waals surface area contributed by atoms with Crippen LogP contribution in [-0.4, -0.2) is 69.8 Å². The number of aromatic nitrogens is 2. The zero-order chi connectivity index (χ0) is 32.4. The summed E-state index contributed by atoms with van der Waals surface area (Å²) in [7, 11) is 0. The molecule has 3 saturated heterocycles. The molecule has 2 N–H and O–H groups in total. The van der Waals surface area contributed by atoms with Crippen LogP contribution in [0.1, 0.15) is 67.5 Å². The summed E-state index contributed by atoms with van der Waals surface area (Å²) in [6.07, 6.45) is 6.45. The van der Waals surface area contributed by atoms with Gasteiger partial charge in [-0.1, -0.05) is 97.4 Å². The molecule has 3 unspecified atom stereocenters. The number of rotatable bonds is 7. The fourth-order valence-corrected chi connectivity index (χ4v) is 8.62. The fraction of sp³-hybridized carbons (Fsp3) is 0.436. The predicted molar refractivity (Wildman–Crippen MR) is 186 cm³/mol. The molecule has 0 radical (unpaired) electrons. The maximum absolute atomic E-state index is 13.5. The minimum Gasteiger partial charge on any atom is -0.350 e. The Hall–Kier alpha value is -3.82. The third-order valence-corrected chi connectivity index (χ3v) is 11.0. The van der Waals surface area contributed by atoms with Gasteiger partial charge in [-0.15, -0.1) is 0 Å². The Morgan fingerprint density at radius 2 is 1.38 bits per heavy atom. The van der Waals surface area contributed by atoms with Crippen LogP contribution in [0.5, 0.6) is 0 Å². The van der Waals surface area contributed by atoms with Gasteiger partial charge in [-0.05, 0) is 75.9 Å². The van der Waals surface area contributed by atoms with Crippen molar-refractivity contribution >= 4 is 0 Å². The molecular weight excluding hydrogens is 586 g/mol. The summed E-state index contributed by atoms with van der Waals surface area (Å²) < 4.78 is 8.80. The molecule has 47 heavy (non-hydrogen) atoms. The Kier molecular flexibility index (Phi) is 9.03. The van der Waals surface area contributed by atoms with E-state index < -0.39 is 17.5 Å². The van der Waals surface area contributed by atoms with Crippen LogP contribution in [0.3, 0.4) is 0 Å². The molecular formula is C39H47N5O3. The third-order valence-electron chi connectivity index (χ3n) is 11.0. The number of morpholine rings is 1. The fourth-order valence-electron chi connectivity index (χ4n) is 8.62. The summed E-state index contributed by atoms with van der Waals surface area (Å²) in [4.78, 5) is 33.9. The molecule has 4 aromatic rings. The first-order chi connectivity index (χ1) is 22.9. The van der Waals surface area contributed by atoms with Crippen LogP contribution in [0, 0.1) is 6.92 Å². The van der Waals surface area contributed by atoms with Crippen molar-refractivity contribution < 1.29 is 4.74 Å². The highest BCUT2D eigenvalue weighted by molar-refractivity contribution is 5.50. The molecule has 3 aromatic carbocycles. The largest absolute Gasteiger partial charge is 0.350 e. The van der Waals surface area contributed by atoms with Crippen LogP contribution in [0.15, 0.2) is 107 Å². The van der Waals surface area contributed by atoms with Crippen LogP contribution < -0.4 is 16.6 Å². The van der Waals surface area contributed by atoms with E-state index >= 15 is 0 Å². The average molecular weight is 634 g/mol. The van der Waals surface area contributed by atoms with E-state index in [1.165, 1.54) is 6.42 Å². The van der Waals surface area contributed by atoms with Crippen molar-refractivity contribution in [2.45, 2.75) is 75.4 Å². The molecule has 246 valence electrons. The first-order valence-corrected chi connectivity index (χ1v) is 17.3. The first-order valence-electron chi connectivity index (χ1n) is 17.3. The number of H-pyrrole nitrogens is 1.